The first-order chi connectivity index (χ1) is 9.63. The van der Waals surface area contributed by atoms with Crippen LogP contribution in [0, 0.1) is 0 Å². The van der Waals surface area contributed by atoms with Crippen molar-refractivity contribution in [2.75, 3.05) is 19.6 Å². The molecule has 0 aromatic carbocycles. The Hall–Kier alpha value is -1.66. The lowest BCUT2D eigenvalue weighted by Crippen LogP contribution is -2.46. The third-order valence-corrected chi connectivity index (χ3v) is 3.61. The van der Waals surface area contributed by atoms with Crippen LogP contribution in [0.3, 0.4) is 0 Å². The van der Waals surface area contributed by atoms with Gasteiger partial charge in [0.2, 0.25) is 0 Å². The minimum absolute atomic E-state index is 0.0741. The van der Waals surface area contributed by atoms with Crippen molar-refractivity contribution in [1.29, 1.82) is 0 Å². The zero-order chi connectivity index (χ0) is 14.1. The molecule has 108 valence electrons. The maximum Gasteiger partial charge on any atom is 0.350 e. The Morgan fingerprint density at radius 2 is 2.00 bits per heavy atom. The summed E-state index contributed by atoms with van der Waals surface area (Å²) in [6, 6.07) is 5.57. The number of morpholine rings is 1. The number of hydrogen-bond donors (Lipinski definition) is 0. The quantitative estimate of drug-likeness (QED) is 0.824. The van der Waals surface area contributed by atoms with Gasteiger partial charge in [-0.3, -0.25) is 9.30 Å². The first kappa shape index (κ1) is 13.3. The summed E-state index contributed by atoms with van der Waals surface area (Å²) >= 11 is 0. The van der Waals surface area contributed by atoms with E-state index in [0.29, 0.717) is 12.2 Å². The molecule has 0 spiro atoms. The van der Waals surface area contributed by atoms with E-state index in [9.17, 15) is 4.79 Å². The molecule has 1 fully saturated rings. The van der Waals surface area contributed by atoms with E-state index in [1.54, 1.807) is 15.3 Å². The zero-order valence-corrected chi connectivity index (χ0v) is 11.9. The van der Waals surface area contributed by atoms with Crippen LogP contribution in [0.2, 0.25) is 0 Å². The lowest BCUT2D eigenvalue weighted by molar-refractivity contribution is -0.0687. The second kappa shape index (κ2) is 5.38. The van der Waals surface area contributed by atoms with Crippen LogP contribution in [0.1, 0.15) is 13.8 Å². The Bertz CT molecular complexity index is 638. The summed E-state index contributed by atoms with van der Waals surface area (Å²) in [5.74, 6) is 0. The van der Waals surface area contributed by atoms with Gasteiger partial charge in [-0.25, -0.2) is 9.48 Å². The van der Waals surface area contributed by atoms with Gasteiger partial charge in [-0.2, -0.15) is 0 Å². The predicted octanol–water partition coefficient (Wildman–Crippen LogP) is 0.605. The summed E-state index contributed by atoms with van der Waals surface area (Å²) in [5, 5.41) is 4.34. The molecule has 1 aliphatic rings. The number of ether oxygens (including phenoxy) is 1. The van der Waals surface area contributed by atoms with E-state index in [2.05, 4.69) is 23.8 Å². The fraction of sp³-hybridized carbons (Fsp3) is 0.571. The highest BCUT2D eigenvalue weighted by molar-refractivity contribution is 5.35. The fourth-order valence-electron chi connectivity index (χ4n) is 2.82. The number of pyridine rings is 1. The van der Waals surface area contributed by atoms with Gasteiger partial charge >= 0.3 is 5.69 Å². The van der Waals surface area contributed by atoms with Gasteiger partial charge in [0.1, 0.15) is 0 Å². The number of aromatic nitrogens is 3. The summed E-state index contributed by atoms with van der Waals surface area (Å²) in [6.45, 7) is 7.42. The van der Waals surface area contributed by atoms with Crippen molar-refractivity contribution in [1.82, 2.24) is 19.1 Å². The molecule has 0 saturated carbocycles. The van der Waals surface area contributed by atoms with E-state index in [1.165, 1.54) is 0 Å². The Kier molecular flexibility index (Phi) is 3.58. The van der Waals surface area contributed by atoms with Crippen molar-refractivity contribution in [2.45, 2.75) is 32.6 Å². The molecule has 0 bridgehead atoms. The van der Waals surface area contributed by atoms with Crippen LogP contribution in [0.5, 0.6) is 0 Å². The summed E-state index contributed by atoms with van der Waals surface area (Å²) in [7, 11) is 0. The molecule has 1 saturated heterocycles. The van der Waals surface area contributed by atoms with Gasteiger partial charge in [0, 0.05) is 25.8 Å². The lowest BCUT2D eigenvalue weighted by Gasteiger charge is -2.35. The summed E-state index contributed by atoms with van der Waals surface area (Å²) in [4.78, 5) is 14.5. The fourth-order valence-corrected chi connectivity index (χ4v) is 2.82. The van der Waals surface area contributed by atoms with Gasteiger partial charge in [-0.1, -0.05) is 6.07 Å². The smallest absolute Gasteiger partial charge is 0.350 e. The Morgan fingerprint density at radius 3 is 2.70 bits per heavy atom. The largest absolute Gasteiger partial charge is 0.373 e. The van der Waals surface area contributed by atoms with Gasteiger partial charge in [-0.15, -0.1) is 5.10 Å². The monoisotopic (exact) mass is 276 g/mol. The number of hydrogen-bond acceptors (Lipinski definition) is 4. The number of nitrogens with zero attached hydrogens (tertiary/aromatic N) is 4. The zero-order valence-electron chi connectivity index (χ0n) is 11.9. The van der Waals surface area contributed by atoms with E-state index in [1.807, 2.05) is 18.2 Å². The number of fused-ring (bicyclic) bond motifs is 1. The van der Waals surface area contributed by atoms with Crippen LogP contribution in [0.15, 0.2) is 29.2 Å². The average Bonchev–Trinajstić information content (AvgIpc) is 2.73. The van der Waals surface area contributed by atoms with E-state index in [4.69, 9.17) is 4.74 Å². The van der Waals surface area contributed by atoms with Crippen LogP contribution >= 0.6 is 0 Å². The molecular formula is C14H20N4O2. The van der Waals surface area contributed by atoms with Crippen LogP contribution in [0.4, 0.5) is 0 Å². The molecular weight excluding hydrogens is 256 g/mol. The molecule has 2 atom stereocenters. The Morgan fingerprint density at radius 1 is 1.25 bits per heavy atom. The molecule has 20 heavy (non-hydrogen) atoms. The normalized spacial score (nSPS) is 24.3. The van der Waals surface area contributed by atoms with E-state index in [-0.39, 0.29) is 17.9 Å². The first-order valence-corrected chi connectivity index (χ1v) is 7.05. The molecule has 6 nitrogen and oxygen atoms in total. The van der Waals surface area contributed by atoms with Crippen molar-refractivity contribution in [3.8, 4) is 0 Å². The highest BCUT2D eigenvalue weighted by Gasteiger charge is 2.22. The highest BCUT2D eigenvalue weighted by Crippen LogP contribution is 2.10. The van der Waals surface area contributed by atoms with Crippen molar-refractivity contribution in [3.63, 3.8) is 0 Å². The lowest BCUT2D eigenvalue weighted by atomic mass is 10.2. The van der Waals surface area contributed by atoms with Crippen molar-refractivity contribution in [3.05, 3.63) is 34.9 Å². The Labute approximate surface area is 117 Å². The molecule has 0 radical (unpaired) electrons. The molecule has 0 N–H and O–H groups in total. The molecule has 1 aliphatic heterocycles. The van der Waals surface area contributed by atoms with Gasteiger partial charge < -0.3 is 4.74 Å². The van der Waals surface area contributed by atoms with Crippen molar-refractivity contribution < 1.29 is 4.74 Å². The second-order valence-electron chi connectivity index (χ2n) is 5.45. The molecule has 6 heteroatoms. The molecule has 0 aliphatic carbocycles. The predicted molar refractivity (Wildman–Crippen MR) is 75.9 cm³/mol. The SMILES string of the molecule is C[C@@H]1CN(CCn2nc3ccccn3c2=O)C[C@@H](C)O1. The Balaban J connectivity index is 1.71. The van der Waals surface area contributed by atoms with Crippen molar-refractivity contribution in [2.24, 2.45) is 0 Å². The third kappa shape index (κ3) is 2.62. The highest BCUT2D eigenvalue weighted by atomic mass is 16.5. The molecule has 3 heterocycles. The second-order valence-corrected chi connectivity index (χ2v) is 5.45. The van der Waals surface area contributed by atoms with Crippen LogP contribution in [-0.4, -0.2) is 50.9 Å². The molecule has 0 unspecified atom stereocenters. The van der Waals surface area contributed by atoms with E-state index in [0.717, 1.165) is 19.6 Å². The van der Waals surface area contributed by atoms with Gasteiger partial charge in [0.05, 0.1) is 18.8 Å². The standard InChI is InChI=1S/C14H20N4O2/c1-11-9-16(10-12(2)20-11)7-8-18-14(19)17-6-4-3-5-13(17)15-18/h3-6,11-12H,7-10H2,1-2H3/t11-,12-/m1/s1. The molecule has 2 aromatic rings. The van der Waals surface area contributed by atoms with Gasteiger partial charge in [0.25, 0.3) is 0 Å². The van der Waals surface area contributed by atoms with E-state index < -0.39 is 0 Å². The summed E-state index contributed by atoms with van der Waals surface area (Å²) in [6.07, 6.45) is 2.24. The average molecular weight is 276 g/mol. The minimum Gasteiger partial charge on any atom is -0.373 e. The molecule has 0 amide bonds. The summed E-state index contributed by atoms with van der Waals surface area (Å²) in [5.41, 5.74) is 0.621. The topological polar surface area (TPSA) is 51.8 Å². The van der Waals surface area contributed by atoms with Crippen LogP contribution in [0.25, 0.3) is 5.65 Å². The van der Waals surface area contributed by atoms with Crippen LogP contribution in [-0.2, 0) is 11.3 Å². The minimum atomic E-state index is -0.0741. The van der Waals surface area contributed by atoms with Gasteiger partial charge in [0.15, 0.2) is 5.65 Å². The molecule has 2 aromatic heterocycles. The summed E-state index contributed by atoms with van der Waals surface area (Å²) < 4.78 is 8.83. The maximum absolute atomic E-state index is 12.2. The first-order valence-electron chi connectivity index (χ1n) is 7.05. The molecule has 3 rings (SSSR count). The van der Waals surface area contributed by atoms with Crippen LogP contribution < -0.4 is 5.69 Å². The maximum atomic E-state index is 12.2. The van der Waals surface area contributed by atoms with E-state index >= 15 is 0 Å². The van der Waals surface area contributed by atoms with Gasteiger partial charge in [-0.05, 0) is 26.0 Å². The number of rotatable bonds is 3. The van der Waals surface area contributed by atoms with Crippen molar-refractivity contribution >= 4 is 5.65 Å². The third-order valence-electron chi connectivity index (χ3n) is 3.61.